The van der Waals surface area contributed by atoms with Crippen molar-refractivity contribution in [2.24, 2.45) is 0 Å². The van der Waals surface area contributed by atoms with Crippen molar-refractivity contribution in [1.29, 1.82) is 0 Å². The zero-order valence-corrected chi connectivity index (χ0v) is 5.83. The summed E-state index contributed by atoms with van der Waals surface area (Å²) >= 11 is 0. The first-order chi connectivity index (χ1) is 5.36. The van der Waals surface area contributed by atoms with Crippen LogP contribution in [0.1, 0.15) is 16.7 Å². The van der Waals surface area contributed by atoms with E-state index in [2.05, 4.69) is 12.2 Å². The number of hydrogen-bond acceptors (Lipinski definition) is 1. The molecule has 1 aromatic carbocycles. The Morgan fingerprint density at radius 3 is 2.73 bits per heavy atom. The molecule has 1 N–H and O–H groups in total. The Labute approximate surface area is 64.3 Å². The molecule has 0 fully saturated rings. The number of rotatable bonds is 0. The third kappa shape index (κ3) is 0.442. The van der Waals surface area contributed by atoms with Gasteiger partial charge in [-0.25, -0.2) is 0 Å². The standard InChI is InChI=1S/C10H6O/c11-10-4-3-7-6-1-2-8(7)9(10)5-6/h1-5,11H. The molecule has 0 amide bonds. The first-order valence-corrected chi connectivity index (χ1v) is 3.62. The van der Waals surface area contributed by atoms with E-state index in [0.29, 0.717) is 5.75 Å². The average molecular weight is 142 g/mol. The van der Waals surface area contributed by atoms with Crippen LogP contribution in [0.15, 0.2) is 18.2 Å². The highest BCUT2D eigenvalue weighted by atomic mass is 16.3. The summed E-state index contributed by atoms with van der Waals surface area (Å²) in [6.07, 6.45) is 6.16. The Morgan fingerprint density at radius 1 is 1.00 bits per heavy atom. The Hall–Kier alpha value is -1.50. The van der Waals surface area contributed by atoms with Gasteiger partial charge in [-0.05, 0) is 28.8 Å². The molecule has 0 saturated carbocycles. The zero-order chi connectivity index (χ0) is 7.42. The molecule has 1 nitrogen and oxygen atoms in total. The van der Waals surface area contributed by atoms with Crippen LogP contribution >= 0.6 is 0 Å². The lowest BCUT2D eigenvalue weighted by atomic mass is 10.1. The topological polar surface area (TPSA) is 20.2 Å². The lowest BCUT2D eigenvalue weighted by molar-refractivity contribution is 0.474. The van der Waals surface area contributed by atoms with Gasteiger partial charge in [0, 0.05) is 5.56 Å². The molecule has 0 radical (unpaired) electrons. The summed E-state index contributed by atoms with van der Waals surface area (Å²) < 4.78 is 0. The zero-order valence-electron chi connectivity index (χ0n) is 5.83. The van der Waals surface area contributed by atoms with Crippen molar-refractivity contribution >= 4 is 17.7 Å². The normalized spacial score (nSPS) is 15.8. The summed E-state index contributed by atoms with van der Waals surface area (Å²) in [5, 5.41) is 9.40. The molecule has 0 aromatic heterocycles. The van der Waals surface area contributed by atoms with Gasteiger partial charge < -0.3 is 5.11 Å². The summed E-state index contributed by atoms with van der Waals surface area (Å²) in [5.74, 6) is 0.392. The van der Waals surface area contributed by atoms with Gasteiger partial charge in [0.25, 0.3) is 0 Å². The Kier molecular flexibility index (Phi) is 0.659. The van der Waals surface area contributed by atoms with Crippen LogP contribution in [0.5, 0.6) is 5.75 Å². The lowest BCUT2D eigenvalue weighted by Gasteiger charge is -1.99. The number of phenols is 1. The molecule has 4 bridgehead atoms. The second-order valence-electron chi connectivity index (χ2n) is 2.89. The molecule has 0 spiro atoms. The van der Waals surface area contributed by atoms with Gasteiger partial charge >= 0.3 is 0 Å². The SMILES string of the molecule is Oc1ccc2c3c1C=C2C=C3. The molecule has 11 heavy (non-hydrogen) atoms. The van der Waals surface area contributed by atoms with E-state index in [1.54, 1.807) is 6.07 Å². The molecule has 0 aliphatic heterocycles. The Morgan fingerprint density at radius 2 is 1.91 bits per heavy atom. The van der Waals surface area contributed by atoms with Crippen LogP contribution in [0.4, 0.5) is 0 Å². The first-order valence-electron chi connectivity index (χ1n) is 3.62. The molecule has 0 unspecified atom stereocenters. The molecular formula is C10H6O. The van der Waals surface area contributed by atoms with Gasteiger partial charge in [0.15, 0.2) is 0 Å². The van der Waals surface area contributed by atoms with Crippen molar-refractivity contribution in [3.63, 3.8) is 0 Å². The maximum Gasteiger partial charge on any atom is 0.123 e. The van der Waals surface area contributed by atoms with Crippen LogP contribution in [-0.4, -0.2) is 5.11 Å². The summed E-state index contributed by atoms with van der Waals surface area (Å²) in [4.78, 5) is 0. The Bertz CT molecular complexity index is 411. The third-order valence-corrected chi connectivity index (χ3v) is 2.30. The molecule has 3 rings (SSSR count). The molecule has 0 saturated heterocycles. The van der Waals surface area contributed by atoms with E-state index >= 15 is 0 Å². The van der Waals surface area contributed by atoms with Crippen LogP contribution in [-0.2, 0) is 0 Å². The van der Waals surface area contributed by atoms with E-state index in [-0.39, 0.29) is 0 Å². The van der Waals surface area contributed by atoms with Crippen molar-refractivity contribution in [2.75, 3.05) is 0 Å². The van der Waals surface area contributed by atoms with E-state index in [1.807, 2.05) is 12.1 Å². The molecule has 52 valence electrons. The van der Waals surface area contributed by atoms with Crippen LogP contribution in [0.3, 0.4) is 0 Å². The van der Waals surface area contributed by atoms with E-state index < -0.39 is 0 Å². The predicted molar refractivity (Wildman–Crippen MR) is 45.0 cm³/mol. The van der Waals surface area contributed by atoms with Crippen LogP contribution in [0.25, 0.3) is 17.7 Å². The van der Waals surface area contributed by atoms with E-state index in [4.69, 9.17) is 0 Å². The quantitative estimate of drug-likeness (QED) is 0.589. The maximum atomic E-state index is 9.40. The minimum Gasteiger partial charge on any atom is -0.507 e. The van der Waals surface area contributed by atoms with E-state index in [9.17, 15) is 5.11 Å². The van der Waals surface area contributed by atoms with Gasteiger partial charge in [0.1, 0.15) is 5.75 Å². The lowest BCUT2D eigenvalue weighted by Crippen LogP contribution is -1.78. The fourth-order valence-corrected chi connectivity index (χ4v) is 1.75. The van der Waals surface area contributed by atoms with Gasteiger partial charge in [-0.15, -0.1) is 0 Å². The summed E-state index contributed by atoms with van der Waals surface area (Å²) in [5.41, 5.74) is 4.66. The van der Waals surface area contributed by atoms with Crippen molar-refractivity contribution in [2.45, 2.75) is 0 Å². The van der Waals surface area contributed by atoms with Gasteiger partial charge in [-0.2, -0.15) is 0 Å². The van der Waals surface area contributed by atoms with Crippen LogP contribution in [0, 0.1) is 0 Å². The summed E-state index contributed by atoms with van der Waals surface area (Å²) in [7, 11) is 0. The number of allylic oxidation sites excluding steroid dienone is 2. The molecule has 0 heterocycles. The van der Waals surface area contributed by atoms with Crippen molar-refractivity contribution in [3.05, 3.63) is 34.9 Å². The fraction of sp³-hybridized carbons (Fsp3) is 0. The average Bonchev–Trinajstić information content (AvgIpc) is 2.52. The summed E-state index contributed by atoms with van der Waals surface area (Å²) in [6.45, 7) is 0. The third-order valence-electron chi connectivity index (χ3n) is 2.30. The molecule has 1 aromatic rings. The second-order valence-corrected chi connectivity index (χ2v) is 2.89. The fourth-order valence-electron chi connectivity index (χ4n) is 1.75. The number of hydrogen-bond donors (Lipinski definition) is 1. The van der Waals surface area contributed by atoms with Gasteiger partial charge in [-0.3, -0.25) is 0 Å². The number of aromatic hydroxyl groups is 1. The predicted octanol–water partition coefficient (Wildman–Crippen LogP) is 2.27. The van der Waals surface area contributed by atoms with Crippen molar-refractivity contribution < 1.29 is 5.11 Å². The second kappa shape index (κ2) is 1.40. The Balaban J connectivity index is 2.54. The smallest absolute Gasteiger partial charge is 0.123 e. The largest absolute Gasteiger partial charge is 0.507 e. The van der Waals surface area contributed by atoms with Crippen LogP contribution < -0.4 is 0 Å². The summed E-state index contributed by atoms with van der Waals surface area (Å²) in [6, 6.07) is 3.72. The molecule has 1 heteroatoms. The number of benzene rings is 1. The van der Waals surface area contributed by atoms with E-state index in [0.717, 1.165) is 5.56 Å². The van der Waals surface area contributed by atoms with Gasteiger partial charge in [0.2, 0.25) is 0 Å². The monoisotopic (exact) mass is 142 g/mol. The molecule has 2 aliphatic rings. The van der Waals surface area contributed by atoms with Crippen LogP contribution in [0.2, 0.25) is 0 Å². The number of phenolic OH excluding ortho intramolecular Hbond substituents is 1. The molecule has 0 atom stereocenters. The highest BCUT2D eigenvalue weighted by Gasteiger charge is 2.21. The van der Waals surface area contributed by atoms with Gasteiger partial charge in [0.05, 0.1) is 0 Å². The minimum atomic E-state index is 0.392. The molecular weight excluding hydrogens is 136 g/mol. The molecule has 2 aliphatic carbocycles. The first kappa shape index (κ1) is 5.19. The maximum absolute atomic E-state index is 9.40. The van der Waals surface area contributed by atoms with Gasteiger partial charge in [-0.1, -0.05) is 18.2 Å². The van der Waals surface area contributed by atoms with E-state index in [1.165, 1.54) is 16.7 Å². The highest BCUT2D eigenvalue weighted by molar-refractivity contribution is 6.07. The minimum absolute atomic E-state index is 0.392. The van der Waals surface area contributed by atoms with Crippen molar-refractivity contribution in [1.82, 2.24) is 0 Å². The highest BCUT2D eigenvalue weighted by Crippen LogP contribution is 2.43. The van der Waals surface area contributed by atoms with Crippen molar-refractivity contribution in [3.8, 4) is 5.75 Å².